The van der Waals surface area contributed by atoms with Crippen molar-refractivity contribution in [1.29, 1.82) is 0 Å². The van der Waals surface area contributed by atoms with Crippen molar-refractivity contribution in [2.75, 3.05) is 0 Å². The molecule has 0 bridgehead atoms. The van der Waals surface area contributed by atoms with E-state index in [4.69, 9.17) is 5.73 Å². The summed E-state index contributed by atoms with van der Waals surface area (Å²) in [5, 5.41) is 12.0. The predicted molar refractivity (Wildman–Crippen MR) is 70.9 cm³/mol. The fourth-order valence-electron chi connectivity index (χ4n) is 1.62. The van der Waals surface area contributed by atoms with Crippen LogP contribution in [0.4, 0.5) is 0 Å². The van der Waals surface area contributed by atoms with Gasteiger partial charge in [0.2, 0.25) is 0 Å². The number of nitrogens with two attached hydrogens (primary N) is 1. The molecular weight excluding hydrogens is 286 g/mol. The molecule has 0 unspecified atom stereocenters. The van der Waals surface area contributed by atoms with Crippen LogP contribution >= 0.6 is 27.3 Å². The molecule has 0 spiro atoms. The van der Waals surface area contributed by atoms with Gasteiger partial charge in [0.1, 0.15) is 5.75 Å². The van der Waals surface area contributed by atoms with Crippen LogP contribution in [-0.2, 0) is 0 Å². The first-order chi connectivity index (χ1) is 7.59. The summed E-state index contributed by atoms with van der Waals surface area (Å²) in [6.07, 6.45) is 0. The maximum Gasteiger partial charge on any atom is 0.123 e. The summed E-state index contributed by atoms with van der Waals surface area (Å²) >= 11 is 5.01. The summed E-state index contributed by atoms with van der Waals surface area (Å²) in [6.45, 7) is 1.87. The number of aryl methyl sites for hydroxylation is 1. The Morgan fingerprint density at radius 3 is 2.81 bits per heavy atom. The molecule has 0 fully saturated rings. The van der Waals surface area contributed by atoms with Crippen molar-refractivity contribution in [2.45, 2.75) is 13.0 Å². The summed E-state index contributed by atoms with van der Waals surface area (Å²) in [5.74, 6) is 0.282. The molecule has 0 amide bonds. The number of hydrogen-bond donors (Lipinski definition) is 2. The van der Waals surface area contributed by atoms with Gasteiger partial charge in [-0.25, -0.2) is 0 Å². The van der Waals surface area contributed by atoms with Gasteiger partial charge in [0.25, 0.3) is 0 Å². The molecule has 1 aromatic heterocycles. The lowest BCUT2D eigenvalue weighted by Crippen LogP contribution is -2.10. The van der Waals surface area contributed by atoms with Gasteiger partial charge in [0, 0.05) is 14.9 Å². The Kier molecular flexibility index (Phi) is 3.33. The van der Waals surface area contributed by atoms with Crippen molar-refractivity contribution < 1.29 is 5.11 Å². The lowest BCUT2D eigenvalue weighted by atomic mass is 10.0. The van der Waals surface area contributed by atoms with E-state index in [0.29, 0.717) is 0 Å². The van der Waals surface area contributed by atoms with E-state index in [1.165, 1.54) is 0 Å². The largest absolute Gasteiger partial charge is 0.507 e. The zero-order valence-corrected chi connectivity index (χ0v) is 11.2. The molecule has 2 aromatic rings. The topological polar surface area (TPSA) is 46.2 Å². The first kappa shape index (κ1) is 11.6. The highest BCUT2D eigenvalue weighted by Crippen LogP contribution is 2.34. The number of hydrogen-bond acceptors (Lipinski definition) is 3. The van der Waals surface area contributed by atoms with Gasteiger partial charge in [0.05, 0.1) is 6.04 Å². The van der Waals surface area contributed by atoms with E-state index >= 15 is 0 Å². The second-order valence-electron chi connectivity index (χ2n) is 3.65. The molecule has 2 nitrogen and oxygen atoms in total. The summed E-state index contributed by atoms with van der Waals surface area (Å²) < 4.78 is 0.935. The molecule has 1 heterocycles. The molecule has 1 aromatic carbocycles. The molecule has 3 N–H and O–H groups in total. The highest BCUT2D eigenvalue weighted by Gasteiger charge is 2.16. The van der Waals surface area contributed by atoms with Crippen LogP contribution in [0.3, 0.4) is 0 Å². The molecule has 0 radical (unpaired) electrons. The van der Waals surface area contributed by atoms with Crippen LogP contribution in [0.5, 0.6) is 5.75 Å². The van der Waals surface area contributed by atoms with Crippen molar-refractivity contribution in [3.05, 3.63) is 50.1 Å². The third-order valence-electron chi connectivity index (χ3n) is 2.48. The van der Waals surface area contributed by atoms with Crippen molar-refractivity contribution in [1.82, 2.24) is 0 Å². The van der Waals surface area contributed by atoms with Gasteiger partial charge >= 0.3 is 0 Å². The number of thiophene rings is 1. The fourth-order valence-corrected chi connectivity index (χ4v) is 2.95. The molecule has 2 rings (SSSR count). The molecule has 0 aliphatic carbocycles. The van der Waals surface area contributed by atoms with E-state index in [1.807, 2.05) is 36.6 Å². The minimum Gasteiger partial charge on any atom is -0.507 e. The number of benzene rings is 1. The van der Waals surface area contributed by atoms with Gasteiger partial charge < -0.3 is 10.8 Å². The van der Waals surface area contributed by atoms with E-state index < -0.39 is 0 Å². The van der Waals surface area contributed by atoms with E-state index in [-0.39, 0.29) is 11.8 Å². The van der Waals surface area contributed by atoms with E-state index in [0.717, 1.165) is 20.5 Å². The van der Waals surface area contributed by atoms with Crippen LogP contribution in [0.2, 0.25) is 0 Å². The fraction of sp³-hybridized carbons (Fsp3) is 0.167. The number of rotatable bonds is 2. The van der Waals surface area contributed by atoms with Crippen molar-refractivity contribution in [3.63, 3.8) is 0 Å². The van der Waals surface area contributed by atoms with Gasteiger partial charge in [-0.1, -0.05) is 22.0 Å². The maximum atomic E-state index is 10.00. The molecule has 0 aliphatic rings. The van der Waals surface area contributed by atoms with Crippen LogP contribution in [-0.4, -0.2) is 5.11 Å². The second-order valence-corrected chi connectivity index (χ2v) is 5.55. The predicted octanol–water partition coefficient (Wildman–Crippen LogP) is 3.57. The summed E-state index contributed by atoms with van der Waals surface area (Å²) in [7, 11) is 0. The average molecular weight is 298 g/mol. The third kappa shape index (κ3) is 2.14. The molecule has 16 heavy (non-hydrogen) atoms. The number of phenolic OH excluding ortho intramolecular Hbond substituents is 1. The van der Waals surface area contributed by atoms with Gasteiger partial charge in [-0.2, -0.15) is 0 Å². The minimum atomic E-state index is -0.267. The van der Waals surface area contributed by atoms with E-state index in [1.54, 1.807) is 11.3 Å². The third-order valence-corrected chi connectivity index (χ3v) is 3.89. The molecular formula is C12H12BrNOS. The zero-order valence-electron chi connectivity index (χ0n) is 8.77. The first-order valence-electron chi connectivity index (χ1n) is 4.87. The Morgan fingerprint density at radius 1 is 1.44 bits per heavy atom. The number of halogens is 1. The lowest BCUT2D eigenvalue weighted by Gasteiger charge is -2.14. The number of aromatic hydroxyl groups is 1. The average Bonchev–Trinajstić information content (AvgIpc) is 2.75. The van der Waals surface area contributed by atoms with Gasteiger partial charge in [-0.15, -0.1) is 11.3 Å². The highest BCUT2D eigenvalue weighted by molar-refractivity contribution is 9.10. The Balaban J connectivity index is 2.48. The molecule has 0 aliphatic heterocycles. The minimum absolute atomic E-state index is 0.267. The van der Waals surface area contributed by atoms with Crippen LogP contribution in [0.15, 0.2) is 34.1 Å². The first-order valence-corrected chi connectivity index (χ1v) is 6.55. The monoisotopic (exact) mass is 297 g/mol. The Morgan fingerprint density at radius 2 is 2.19 bits per heavy atom. The SMILES string of the molecule is Cc1cc(Br)cc([C@H](N)c2cccs2)c1O. The summed E-state index contributed by atoms with van der Waals surface area (Å²) in [6, 6.07) is 7.41. The Labute approximate surface area is 107 Å². The normalized spacial score (nSPS) is 12.7. The number of phenols is 1. The lowest BCUT2D eigenvalue weighted by molar-refractivity contribution is 0.461. The van der Waals surface area contributed by atoms with Crippen molar-refractivity contribution in [2.24, 2.45) is 5.73 Å². The highest BCUT2D eigenvalue weighted by atomic mass is 79.9. The van der Waals surface area contributed by atoms with Gasteiger partial charge in [0.15, 0.2) is 0 Å². The van der Waals surface area contributed by atoms with Crippen molar-refractivity contribution in [3.8, 4) is 5.75 Å². The van der Waals surface area contributed by atoms with E-state index in [9.17, 15) is 5.11 Å². The van der Waals surface area contributed by atoms with Gasteiger partial charge in [-0.05, 0) is 36.1 Å². The zero-order chi connectivity index (χ0) is 11.7. The molecule has 0 saturated carbocycles. The summed E-state index contributed by atoms with van der Waals surface area (Å²) in [4.78, 5) is 1.05. The van der Waals surface area contributed by atoms with Crippen molar-refractivity contribution >= 4 is 27.3 Å². The Bertz CT molecular complexity index is 496. The van der Waals surface area contributed by atoms with Gasteiger partial charge in [-0.3, -0.25) is 0 Å². The van der Waals surface area contributed by atoms with E-state index in [2.05, 4.69) is 15.9 Å². The molecule has 0 saturated heterocycles. The van der Waals surface area contributed by atoms with Crippen LogP contribution in [0.25, 0.3) is 0 Å². The Hall–Kier alpha value is -0.840. The smallest absolute Gasteiger partial charge is 0.123 e. The maximum absolute atomic E-state index is 10.00. The molecule has 84 valence electrons. The quantitative estimate of drug-likeness (QED) is 0.890. The van der Waals surface area contributed by atoms with Crippen LogP contribution in [0.1, 0.15) is 22.0 Å². The second kappa shape index (κ2) is 4.57. The molecule has 1 atom stereocenters. The summed E-state index contributed by atoms with van der Waals surface area (Å²) in [5.41, 5.74) is 7.72. The molecule has 4 heteroatoms. The van der Waals surface area contributed by atoms with Crippen LogP contribution < -0.4 is 5.73 Å². The van der Waals surface area contributed by atoms with Crippen LogP contribution in [0, 0.1) is 6.92 Å². The standard InChI is InChI=1S/C12H12BrNOS/c1-7-5-8(13)6-9(12(7)15)11(14)10-3-2-4-16-10/h2-6,11,15H,14H2,1H3/t11-/m0/s1.